The molecular formula is C35H48BrN5O5. The van der Waals surface area contributed by atoms with E-state index in [9.17, 15) is 19.5 Å². The SMILES string of the molecule is COC(=O)N1CCC(N2CCc3ccccc3NC2=O)CC1.C[C@H](Cc1ccc(O)c(Br)c1)C(=O)N1CCN(C2CCCC2)CC1. The quantitative estimate of drug-likeness (QED) is 0.414. The van der Waals surface area contributed by atoms with E-state index in [1.54, 1.807) is 11.0 Å². The molecule has 4 amide bonds. The lowest BCUT2D eigenvalue weighted by Crippen LogP contribution is -2.52. The number of piperidine rings is 1. The molecule has 2 saturated heterocycles. The Morgan fingerprint density at radius 2 is 1.63 bits per heavy atom. The van der Waals surface area contributed by atoms with E-state index in [1.165, 1.54) is 38.4 Å². The van der Waals surface area contributed by atoms with Crippen LogP contribution in [0.2, 0.25) is 0 Å². The van der Waals surface area contributed by atoms with E-state index in [4.69, 9.17) is 4.74 Å². The fourth-order valence-electron chi connectivity index (χ4n) is 7.23. The molecule has 2 aromatic carbocycles. The van der Waals surface area contributed by atoms with Crippen molar-refractivity contribution in [3.05, 3.63) is 58.1 Å². The summed E-state index contributed by atoms with van der Waals surface area (Å²) in [5.74, 6) is 0.463. The van der Waals surface area contributed by atoms with Crippen LogP contribution in [-0.2, 0) is 22.4 Å². The molecule has 0 unspecified atom stereocenters. The van der Waals surface area contributed by atoms with Crippen molar-refractivity contribution < 1.29 is 24.2 Å². The Balaban J connectivity index is 0.000000182. The molecule has 1 atom stereocenters. The summed E-state index contributed by atoms with van der Waals surface area (Å²) in [4.78, 5) is 44.9. The normalized spacial score (nSPS) is 20.2. The van der Waals surface area contributed by atoms with Crippen LogP contribution in [0.25, 0.3) is 0 Å². The van der Waals surface area contributed by atoms with E-state index in [2.05, 4.69) is 32.2 Å². The summed E-state index contributed by atoms with van der Waals surface area (Å²) in [6.45, 7) is 7.75. The highest BCUT2D eigenvalue weighted by atomic mass is 79.9. The number of aromatic hydroxyl groups is 1. The van der Waals surface area contributed by atoms with E-state index in [-0.39, 0.29) is 35.7 Å². The number of benzene rings is 2. The van der Waals surface area contributed by atoms with Crippen LogP contribution >= 0.6 is 15.9 Å². The maximum Gasteiger partial charge on any atom is 0.409 e. The number of likely N-dealkylation sites (tertiary alicyclic amines) is 1. The number of nitrogens with zero attached hydrogens (tertiary/aromatic N) is 4. The number of anilines is 1. The predicted octanol–water partition coefficient (Wildman–Crippen LogP) is 5.73. The zero-order valence-electron chi connectivity index (χ0n) is 27.1. The van der Waals surface area contributed by atoms with Crippen molar-refractivity contribution in [1.82, 2.24) is 19.6 Å². The second-order valence-electron chi connectivity index (χ2n) is 12.9. The molecule has 46 heavy (non-hydrogen) atoms. The number of halogens is 1. The monoisotopic (exact) mass is 697 g/mol. The summed E-state index contributed by atoms with van der Waals surface area (Å²) < 4.78 is 5.43. The number of urea groups is 1. The largest absolute Gasteiger partial charge is 0.507 e. The predicted molar refractivity (Wildman–Crippen MR) is 182 cm³/mol. The molecule has 0 aromatic heterocycles. The van der Waals surface area contributed by atoms with Crippen LogP contribution in [0.15, 0.2) is 46.9 Å². The van der Waals surface area contributed by atoms with Gasteiger partial charge in [0.2, 0.25) is 5.91 Å². The molecule has 3 heterocycles. The van der Waals surface area contributed by atoms with E-state index in [0.717, 1.165) is 62.7 Å². The average Bonchev–Trinajstić information content (AvgIpc) is 3.57. The molecule has 2 N–H and O–H groups in total. The third-order valence-electron chi connectivity index (χ3n) is 9.92. The molecule has 2 aromatic rings. The zero-order valence-corrected chi connectivity index (χ0v) is 28.7. The summed E-state index contributed by atoms with van der Waals surface area (Å²) in [6, 6.07) is 14.3. The Bertz CT molecular complexity index is 1350. The summed E-state index contributed by atoms with van der Waals surface area (Å²) in [7, 11) is 1.40. The van der Waals surface area contributed by atoms with Crippen molar-refractivity contribution in [3.8, 4) is 5.75 Å². The molecule has 11 heteroatoms. The lowest BCUT2D eigenvalue weighted by Gasteiger charge is -2.39. The second kappa shape index (κ2) is 16.0. The van der Waals surface area contributed by atoms with Crippen LogP contribution in [0.1, 0.15) is 56.6 Å². The molecule has 1 saturated carbocycles. The first-order chi connectivity index (χ1) is 22.2. The van der Waals surface area contributed by atoms with Gasteiger partial charge in [0.25, 0.3) is 0 Å². The smallest absolute Gasteiger partial charge is 0.409 e. The maximum absolute atomic E-state index is 12.7. The average molecular weight is 699 g/mol. The zero-order chi connectivity index (χ0) is 32.6. The van der Waals surface area contributed by atoms with Gasteiger partial charge in [-0.3, -0.25) is 9.69 Å². The number of phenols is 1. The van der Waals surface area contributed by atoms with Crippen molar-refractivity contribution in [2.75, 3.05) is 58.2 Å². The lowest BCUT2D eigenvalue weighted by atomic mass is 9.99. The van der Waals surface area contributed by atoms with E-state index < -0.39 is 0 Å². The Hall–Kier alpha value is -3.31. The molecule has 250 valence electrons. The minimum Gasteiger partial charge on any atom is -0.507 e. The molecule has 10 nitrogen and oxygen atoms in total. The van der Waals surface area contributed by atoms with Gasteiger partial charge in [0, 0.05) is 69.5 Å². The highest BCUT2D eigenvalue weighted by Gasteiger charge is 2.32. The van der Waals surface area contributed by atoms with Gasteiger partial charge in [0.15, 0.2) is 0 Å². The minimum atomic E-state index is -0.286. The van der Waals surface area contributed by atoms with Gasteiger partial charge in [0.05, 0.1) is 11.6 Å². The van der Waals surface area contributed by atoms with E-state index in [1.807, 2.05) is 47.1 Å². The molecule has 3 fully saturated rings. The third kappa shape index (κ3) is 8.53. The number of hydrogen-bond acceptors (Lipinski definition) is 6. The van der Waals surface area contributed by atoms with Crippen molar-refractivity contribution in [2.45, 2.75) is 70.4 Å². The van der Waals surface area contributed by atoms with Crippen molar-refractivity contribution in [3.63, 3.8) is 0 Å². The fraction of sp³-hybridized carbons (Fsp3) is 0.571. The van der Waals surface area contributed by atoms with E-state index in [0.29, 0.717) is 30.5 Å². The van der Waals surface area contributed by atoms with Gasteiger partial charge >= 0.3 is 12.1 Å². The minimum absolute atomic E-state index is 0.0283. The summed E-state index contributed by atoms with van der Waals surface area (Å²) in [5, 5.41) is 12.6. The first kappa shape index (κ1) is 34.0. The lowest BCUT2D eigenvalue weighted by molar-refractivity contribution is -0.137. The van der Waals surface area contributed by atoms with Crippen LogP contribution in [0, 0.1) is 5.92 Å². The number of fused-ring (bicyclic) bond motifs is 1. The van der Waals surface area contributed by atoms with Crippen LogP contribution in [0.3, 0.4) is 0 Å². The number of phenolic OH excluding ortho intramolecular Hbond substituents is 1. The standard InChI is InChI=1S/C19H27BrN2O2.C16H21N3O3/c1-14(12-15-6-7-18(23)17(20)13-15)19(24)22-10-8-21(9-11-22)16-4-2-3-5-16;1-22-16(21)18-9-7-13(8-10-18)19-11-6-12-4-2-3-5-14(12)17-15(19)20/h6-7,13-14,16,23H,2-5,8-12H2,1H3;2-5,13H,6-11H2,1H3,(H,17,20)/t14-;/m1./s1. The van der Waals surface area contributed by atoms with Crippen LogP contribution < -0.4 is 5.32 Å². The number of ether oxygens (including phenoxy) is 1. The summed E-state index contributed by atoms with van der Waals surface area (Å²) in [6.07, 6.45) is 8.25. The number of methoxy groups -OCH3 is 1. The van der Waals surface area contributed by atoms with Crippen molar-refractivity contribution >= 4 is 39.6 Å². The number of carbonyl (C=O) groups excluding carboxylic acids is 3. The van der Waals surface area contributed by atoms with Gasteiger partial charge < -0.3 is 29.9 Å². The van der Waals surface area contributed by atoms with Crippen LogP contribution in [0.4, 0.5) is 15.3 Å². The first-order valence-electron chi connectivity index (χ1n) is 16.7. The Labute approximate surface area is 281 Å². The molecule has 1 aliphatic carbocycles. The van der Waals surface area contributed by atoms with Crippen LogP contribution in [0.5, 0.6) is 5.75 Å². The van der Waals surface area contributed by atoms with Gasteiger partial charge in [-0.1, -0.05) is 44.0 Å². The molecule has 0 spiro atoms. The van der Waals surface area contributed by atoms with Crippen LogP contribution in [-0.4, -0.2) is 108 Å². The Morgan fingerprint density at radius 3 is 2.30 bits per heavy atom. The maximum atomic E-state index is 12.7. The molecule has 0 radical (unpaired) electrons. The summed E-state index contributed by atoms with van der Waals surface area (Å²) in [5.41, 5.74) is 3.15. The van der Waals surface area contributed by atoms with Gasteiger partial charge in [-0.25, -0.2) is 9.59 Å². The number of piperazine rings is 1. The number of nitrogens with one attached hydrogen (secondary N) is 1. The van der Waals surface area contributed by atoms with Crippen molar-refractivity contribution in [2.24, 2.45) is 5.92 Å². The first-order valence-corrected chi connectivity index (χ1v) is 17.5. The van der Waals surface area contributed by atoms with Crippen molar-refractivity contribution in [1.29, 1.82) is 0 Å². The number of rotatable bonds is 5. The highest BCUT2D eigenvalue weighted by Crippen LogP contribution is 2.28. The third-order valence-corrected chi connectivity index (χ3v) is 10.6. The van der Waals surface area contributed by atoms with Gasteiger partial charge in [-0.05, 0) is 83.8 Å². The number of carbonyl (C=O) groups is 3. The Kier molecular flexibility index (Phi) is 11.8. The van der Waals surface area contributed by atoms with Gasteiger partial charge in [0.1, 0.15) is 5.75 Å². The Morgan fingerprint density at radius 1 is 0.935 bits per heavy atom. The molecule has 6 rings (SSSR count). The molecular weight excluding hydrogens is 650 g/mol. The van der Waals surface area contributed by atoms with Gasteiger partial charge in [-0.2, -0.15) is 0 Å². The molecule has 0 bridgehead atoms. The highest BCUT2D eigenvalue weighted by molar-refractivity contribution is 9.10. The molecule has 3 aliphatic heterocycles. The number of amides is 4. The summed E-state index contributed by atoms with van der Waals surface area (Å²) >= 11 is 3.34. The molecule has 4 aliphatic rings. The number of hydrogen-bond donors (Lipinski definition) is 2. The number of para-hydroxylation sites is 1. The van der Waals surface area contributed by atoms with E-state index >= 15 is 0 Å². The fourth-order valence-corrected chi connectivity index (χ4v) is 7.66. The second-order valence-corrected chi connectivity index (χ2v) is 13.8. The van der Waals surface area contributed by atoms with Gasteiger partial charge in [-0.15, -0.1) is 0 Å². The topological polar surface area (TPSA) is 106 Å².